The highest BCUT2D eigenvalue weighted by Crippen LogP contribution is 2.29. The standard InChI is InChI=1S/C34H34O6/c35-19-26-9-1-4-13-31(26)25-12-7-8-24(16-25)21-39-29-17-30(40-34(37)18-29)23-38-22-28-11-3-6-15-33(28)32-14-5-2-10-27(32)20-36/h1-16,29-30,35-36H,17-23H2. The van der Waals surface area contributed by atoms with E-state index in [9.17, 15) is 15.0 Å². The first-order valence-electron chi connectivity index (χ1n) is 13.6. The van der Waals surface area contributed by atoms with E-state index < -0.39 is 0 Å². The first kappa shape index (κ1) is 27.7. The molecule has 1 aliphatic heterocycles. The SMILES string of the molecule is O=C1CC(OCc2cccc(-c3ccccc3CO)c2)CC(COCc2ccccc2-c2ccccc2CO)O1. The molecule has 1 fully saturated rings. The summed E-state index contributed by atoms with van der Waals surface area (Å²) in [5.74, 6) is -0.284. The van der Waals surface area contributed by atoms with Crippen LogP contribution in [0.5, 0.6) is 0 Å². The monoisotopic (exact) mass is 538 g/mol. The predicted octanol–water partition coefficient (Wildman–Crippen LogP) is 5.81. The summed E-state index contributed by atoms with van der Waals surface area (Å²) in [5, 5.41) is 19.5. The van der Waals surface area contributed by atoms with Crippen LogP contribution in [0, 0.1) is 0 Å². The molecule has 2 N–H and O–H groups in total. The highest BCUT2D eigenvalue weighted by atomic mass is 16.6. The summed E-state index contributed by atoms with van der Waals surface area (Å²) < 4.78 is 17.7. The largest absolute Gasteiger partial charge is 0.460 e. The molecule has 2 atom stereocenters. The minimum Gasteiger partial charge on any atom is -0.460 e. The molecule has 5 rings (SSSR count). The highest BCUT2D eigenvalue weighted by Gasteiger charge is 2.29. The summed E-state index contributed by atoms with van der Waals surface area (Å²) in [7, 11) is 0. The van der Waals surface area contributed by atoms with E-state index in [-0.39, 0.29) is 44.4 Å². The van der Waals surface area contributed by atoms with Gasteiger partial charge in [0, 0.05) is 6.42 Å². The lowest BCUT2D eigenvalue weighted by Crippen LogP contribution is -2.36. The molecule has 0 bridgehead atoms. The molecule has 6 heteroatoms. The zero-order valence-corrected chi connectivity index (χ0v) is 22.4. The third-order valence-corrected chi connectivity index (χ3v) is 7.19. The summed E-state index contributed by atoms with van der Waals surface area (Å²) in [6, 6.07) is 31.6. The second kappa shape index (κ2) is 13.5. The van der Waals surface area contributed by atoms with Crippen LogP contribution in [0.25, 0.3) is 22.3 Å². The van der Waals surface area contributed by atoms with E-state index in [1.807, 2.05) is 91.0 Å². The lowest BCUT2D eigenvalue weighted by atomic mass is 9.96. The van der Waals surface area contributed by atoms with E-state index in [0.29, 0.717) is 19.6 Å². The first-order chi connectivity index (χ1) is 19.6. The molecule has 4 aromatic carbocycles. The molecular formula is C34H34O6. The topological polar surface area (TPSA) is 85.2 Å². The smallest absolute Gasteiger partial charge is 0.308 e. The number of carbonyl (C=O) groups excluding carboxylic acids is 1. The minimum atomic E-state index is -0.383. The van der Waals surface area contributed by atoms with Crippen molar-refractivity contribution < 1.29 is 29.2 Å². The lowest BCUT2D eigenvalue weighted by molar-refractivity contribution is -0.168. The van der Waals surface area contributed by atoms with Gasteiger partial charge in [-0.25, -0.2) is 0 Å². The predicted molar refractivity (Wildman–Crippen MR) is 153 cm³/mol. The quantitative estimate of drug-likeness (QED) is 0.234. The lowest BCUT2D eigenvalue weighted by Gasteiger charge is -2.29. The minimum absolute atomic E-state index is 0.0217. The number of carbonyl (C=O) groups is 1. The van der Waals surface area contributed by atoms with Crippen LogP contribution in [0.1, 0.15) is 35.1 Å². The average molecular weight is 539 g/mol. The van der Waals surface area contributed by atoms with Crippen LogP contribution in [0.15, 0.2) is 97.1 Å². The normalized spacial score (nSPS) is 17.0. The van der Waals surface area contributed by atoms with E-state index in [2.05, 4.69) is 6.07 Å². The Bertz CT molecular complexity index is 1430. The summed E-state index contributed by atoms with van der Waals surface area (Å²) in [4.78, 5) is 12.3. The molecule has 40 heavy (non-hydrogen) atoms. The van der Waals surface area contributed by atoms with Crippen molar-refractivity contribution in [1.82, 2.24) is 0 Å². The Morgan fingerprint density at radius 2 is 1.35 bits per heavy atom. The maximum atomic E-state index is 12.3. The van der Waals surface area contributed by atoms with Crippen LogP contribution in [0.3, 0.4) is 0 Å². The van der Waals surface area contributed by atoms with Crippen molar-refractivity contribution in [3.05, 3.63) is 119 Å². The Morgan fingerprint density at radius 1 is 0.725 bits per heavy atom. The zero-order chi connectivity index (χ0) is 27.7. The van der Waals surface area contributed by atoms with Gasteiger partial charge < -0.3 is 24.4 Å². The van der Waals surface area contributed by atoms with Gasteiger partial charge in [-0.2, -0.15) is 0 Å². The van der Waals surface area contributed by atoms with E-state index in [1.54, 1.807) is 0 Å². The maximum absolute atomic E-state index is 12.3. The van der Waals surface area contributed by atoms with Crippen molar-refractivity contribution >= 4 is 5.97 Å². The summed E-state index contributed by atoms with van der Waals surface area (Å²) in [5.41, 5.74) is 7.73. The number of rotatable bonds is 11. The number of ether oxygens (including phenoxy) is 3. The van der Waals surface area contributed by atoms with E-state index in [1.165, 1.54) is 0 Å². The van der Waals surface area contributed by atoms with Crippen LogP contribution >= 0.6 is 0 Å². The van der Waals surface area contributed by atoms with Gasteiger partial charge in [0.25, 0.3) is 0 Å². The summed E-state index contributed by atoms with van der Waals surface area (Å²) in [6.45, 7) is 0.946. The number of aliphatic hydroxyl groups is 2. The van der Waals surface area contributed by atoms with Gasteiger partial charge in [-0.05, 0) is 50.6 Å². The fraction of sp³-hybridized carbons (Fsp3) is 0.265. The van der Waals surface area contributed by atoms with E-state index in [4.69, 9.17) is 14.2 Å². The molecule has 2 unspecified atom stereocenters. The van der Waals surface area contributed by atoms with Gasteiger partial charge in [-0.1, -0.05) is 91.0 Å². The van der Waals surface area contributed by atoms with Crippen molar-refractivity contribution in [3.8, 4) is 22.3 Å². The Kier molecular flexibility index (Phi) is 9.37. The number of aliphatic hydroxyl groups excluding tert-OH is 2. The van der Waals surface area contributed by atoms with Gasteiger partial charge in [0.1, 0.15) is 6.10 Å². The van der Waals surface area contributed by atoms with Gasteiger partial charge in [-0.3, -0.25) is 4.79 Å². The molecule has 6 nitrogen and oxygen atoms in total. The molecule has 1 heterocycles. The number of hydrogen-bond acceptors (Lipinski definition) is 6. The molecule has 0 aromatic heterocycles. The van der Waals surface area contributed by atoms with Crippen molar-refractivity contribution in [3.63, 3.8) is 0 Å². The van der Waals surface area contributed by atoms with Gasteiger partial charge in [0.15, 0.2) is 0 Å². The molecule has 4 aromatic rings. The van der Waals surface area contributed by atoms with Gasteiger partial charge in [0.05, 0.1) is 45.6 Å². The third kappa shape index (κ3) is 6.84. The summed E-state index contributed by atoms with van der Waals surface area (Å²) in [6.07, 6.45) is 0.135. The van der Waals surface area contributed by atoms with Crippen molar-refractivity contribution in [2.24, 2.45) is 0 Å². The van der Waals surface area contributed by atoms with Crippen LogP contribution in [-0.2, 0) is 45.4 Å². The van der Waals surface area contributed by atoms with Crippen LogP contribution in [0.4, 0.5) is 0 Å². The number of esters is 1. The van der Waals surface area contributed by atoms with Gasteiger partial charge in [-0.15, -0.1) is 0 Å². The van der Waals surface area contributed by atoms with Crippen molar-refractivity contribution in [2.75, 3.05) is 6.61 Å². The van der Waals surface area contributed by atoms with Crippen molar-refractivity contribution in [1.29, 1.82) is 0 Å². The van der Waals surface area contributed by atoms with Gasteiger partial charge in [0.2, 0.25) is 0 Å². The Hall–Kier alpha value is -3.81. The molecule has 1 saturated heterocycles. The van der Waals surface area contributed by atoms with Crippen LogP contribution in [0.2, 0.25) is 0 Å². The molecule has 1 aliphatic rings. The number of benzene rings is 4. The Morgan fingerprint density at radius 3 is 2.08 bits per heavy atom. The molecule has 0 radical (unpaired) electrons. The molecule has 0 aliphatic carbocycles. The average Bonchev–Trinajstić information content (AvgIpc) is 3.00. The molecule has 0 saturated carbocycles. The second-order valence-electron chi connectivity index (χ2n) is 9.99. The Labute approximate surface area is 234 Å². The van der Waals surface area contributed by atoms with Crippen LogP contribution in [-0.4, -0.2) is 35.0 Å². The number of cyclic esters (lactones) is 1. The number of hydrogen-bond donors (Lipinski definition) is 2. The van der Waals surface area contributed by atoms with Crippen LogP contribution < -0.4 is 0 Å². The molecule has 0 amide bonds. The van der Waals surface area contributed by atoms with Gasteiger partial charge >= 0.3 is 5.97 Å². The fourth-order valence-electron chi connectivity index (χ4n) is 5.19. The fourth-order valence-corrected chi connectivity index (χ4v) is 5.19. The van der Waals surface area contributed by atoms with Crippen molar-refractivity contribution in [2.45, 2.75) is 51.5 Å². The highest BCUT2D eigenvalue weighted by molar-refractivity contribution is 5.71. The first-order valence-corrected chi connectivity index (χ1v) is 13.6. The van der Waals surface area contributed by atoms with E-state index >= 15 is 0 Å². The zero-order valence-electron chi connectivity index (χ0n) is 22.4. The molecule has 0 spiro atoms. The maximum Gasteiger partial charge on any atom is 0.308 e. The summed E-state index contributed by atoms with van der Waals surface area (Å²) >= 11 is 0. The third-order valence-electron chi connectivity index (χ3n) is 7.19. The Balaban J connectivity index is 1.17. The molecular weight excluding hydrogens is 504 g/mol. The molecule has 206 valence electrons. The second-order valence-corrected chi connectivity index (χ2v) is 9.99. The van der Waals surface area contributed by atoms with E-state index in [0.717, 1.165) is 44.5 Å².